The van der Waals surface area contributed by atoms with Crippen molar-refractivity contribution in [3.8, 4) is 0 Å². The molecule has 174 valence electrons. The van der Waals surface area contributed by atoms with Crippen molar-refractivity contribution in [3.63, 3.8) is 0 Å². The van der Waals surface area contributed by atoms with Crippen LogP contribution < -0.4 is 0 Å². The Morgan fingerprint density at radius 3 is 2.55 bits per heavy atom. The van der Waals surface area contributed by atoms with Crippen LogP contribution in [-0.4, -0.2) is 43.9 Å². The zero-order valence-corrected chi connectivity index (χ0v) is 18.4. The molecule has 2 aliphatic rings. The average molecular weight is 452 g/mol. The summed E-state index contributed by atoms with van der Waals surface area (Å²) in [7, 11) is 0. The van der Waals surface area contributed by atoms with Gasteiger partial charge in [-0.05, 0) is 23.9 Å². The van der Waals surface area contributed by atoms with Crippen LogP contribution in [-0.2, 0) is 30.3 Å². The van der Waals surface area contributed by atoms with Crippen molar-refractivity contribution in [1.82, 2.24) is 0 Å². The standard InChI is InChI=1S/C25H29N3O5/c1-2-3-10-15-29-25-21(27-28-26)23(30-16-18-11-6-4-7-12-18)22-20(32-25)17-31-24(33-22)19-13-8-5-9-14-19/h2,4-9,11-14,20-25H,1,3,10,15-17H2/t20-,21-,22-,23-,24-,25-/m1/s1. The highest BCUT2D eigenvalue weighted by atomic mass is 16.7. The number of rotatable bonds is 10. The fourth-order valence-corrected chi connectivity index (χ4v) is 4.04. The van der Waals surface area contributed by atoms with Crippen LogP contribution in [0.3, 0.4) is 0 Å². The fraction of sp³-hybridized carbons (Fsp3) is 0.440. The summed E-state index contributed by atoms with van der Waals surface area (Å²) in [6.07, 6.45) is 0.660. The SMILES string of the molecule is C=CCCCO[C@@H]1O[C@@H]2CO[C@@H](c3ccccc3)O[C@H]2[C@H](OCc2ccccc2)[C@H]1N=[N+]=[N-]. The van der Waals surface area contributed by atoms with E-state index in [-0.39, 0.29) is 0 Å². The molecular formula is C25H29N3O5. The Morgan fingerprint density at radius 2 is 1.82 bits per heavy atom. The van der Waals surface area contributed by atoms with E-state index in [2.05, 4.69) is 16.6 Å². The molecule has 8 nitrogen and oxygen atoms in total. The lowest BCUT2D eigenvalue weighted by atomic mass is 9.96. The van der Waals surface area contributed by atoms with E-state index in [4.69, 9.17) is 23.7 Å². The van der Waals surface area contributed by atoms with Gasteiger partial charge in [-0.2, -0.15) is 0 Å². The first-order valence-corrected chi connectivity index (χ1v) is 11.2. The Kier molecular flexibility index (Phi) is 8.49. The first-order valence-electron chi connectivity index (χ1n) is 11.2. The quantitative estimate of drug-likeness (QED) is 0.165. The summed E-state index contributed by atoms with van der Waals surface area (Å²) >= 11 is 0. The maximum absolute atomic E-state index is 9.29. The third-order valence-corrected chi connectivity index (χ3v) is 5.68. The molecule has 33 heavy (non-hydrogen) atoms. The Bertz CT molecular complexity index is 922. The molecule has 0 radical (unpaired) electrons. The molecule has 0 N–H and O–H groups in total. The van der Waals surface area contributed by atoms with Gasteiger partial charge in [0.15, 0.2) is 12.6 Å². The molecule has 0 aliphatic carbocycles. The summed E-state index contributed by atoms with van der Waals surface area (Å²) in [5.74, 6) is 0. The van der Waals surface area contributed by atoms with Gasteiger partial charge in [0.25, 0.3) is 0 Å². The van der Waals surface area contributed by atoms with Gasteiger partial charge < -0.3 is 23.7 Å². The first-order chi connectivity index (χ1) is 16.3. The monoisotopic (exact) mass is 451 g/mol. The Labute approximate surface area is 193 Å². The van der Waals surface area contributed by atoms with E-state index in [0.717, 1.165) is 24.0 Å². The first kappa shape index (κ1) is 23.4. The van der Waals surface area contributed by atoms with Crippen molar-refractivity contribution in [2.75, 3.05) is 13.2 Å². The Balaban J connectivity index is 1.55. The van der Waals surface area contributed by atoms with E-state index in [1.165, 1.54) is 0 Å². The van der Waals surface area contributed by atoms with Crippen LogP contribution in [0.2, 0.25) is 0 Å². The van der Waals surface area contributed by atoms with Crippen LogP contribution in [0.5, 0.6) is 0 Å². The lowest BCUT2D eigenvalue weighted by molar-refractivity contribution is -0.347. The number of azide groups is 1. The highest BCUT2D eigenvalue weighted by Crippen LogP contribution is 2.37. The van der Waals surface area contributed by atoms with Crippen LogP contribution in [0.15, 0.2) is 78.4 Å². The lowest BCUT2D eigenvalue weighted by Gasteiger charge is -2.48. The molecule has 2 aromatic carbocycles. The van der Waals surface area contributed by atoms with Crippen LogP contribution in [0.1, 0.15) is 30.3 Å². The predicted molar refractivity (Wildman–Crippen MR) is 122 cm³/mol. The molecule has 0 amide bonds. The van der Waals surface area contributed by atoms with Crippen molar-refractivity contribution < 1.29 is 23.7 Å². The van der Waals surface area contributed by atoms with Crippen molar-refractivity contribution >= 4 is 0 Å². The molecule has 0 aromatic heterocycles. The van der Waals surface area contributed by atoms with Gasteiger partial charge in [-0.15, -0.1) is 6.58 Å². The summed E-state index contributed by atoms with van der Waals surface area (Å²) in [4.78, 5) is 3.06. The summed E-state index contributed by atoms with van der Waals surface area (Å²) in [6, 6.07) is 18.8. The van der Waals surface area contributed by atoms with E-state index in [1.54, 1.807) is 0 Å². The maximum Gasteiger partial charge on any atom is 0.184 e. The number of nitrogens with zero attached hydrogens (tertiary/aromatic N) is 3. The average Bonchev–Trinajstić information content (AvgIpc) is 2.87. The van der Waals surface area contributed by atoms with Gasteiger partial charge in [0, 0.05) is 10.5 Å². The number of fused-ring (bicyclic) bond motifs is 1. The molecule has 0 spiro atoms. The van der Waals surface area contributed by atoms with Gasteiger partial charge in [-0.1, -0.05) is 71.9 Å². The van der Waals surface area contributed by atoms with Crippen LogP contribution >= 0.6 is 0 Å². The minimum absolute atomic E-state index is 0.310. The molecule has 8 heteroatoms. The van der Waals surface area contributed by atoms with Gasteiger partial charge >= 0.3 is 0 Å². The van der Waals surface area contributed by atoms with Crippen LogP contribution in [0, 0.1) is 0 Å². The van der Waals surface area contributed by atoms with Gasteiger partial charge in [0.2, 0.25) is 0 Å². The summed E-state index contributed by atoms with van der Waals surface area (Å²) < 4.78 is 30.7. The topological polar surface area (TPSA) is 94.9 Å². The fourth-order valence-electron chi connectivity index (χ4n) is 4.04. The molecule has 2 saturated heterocycles. The van der Waals surface area contributed by atoms with Gasteiger partial charge in [-0.3, -0.25) is 0 Å². The maximum atomic E-state index is 9.29. The smallest absolute Gasteiger partial charge is 0.184 e. The molecule has 4 rings (SSSR count). The van der Waals surface area contributed by atoms with Gasteiger partial charge in [-0.25, -0.2) is 0 Å². The second-order valence-electron chi connectivity index (χ2n) is 7.98. The van der Waals surface area contributed by atoms with Crippen LogP contribution in [0.4, 0.5) is 0 Å². The molecule has 0 bridgehead atoms. The molecular weight excluding hydrogens is 422 g/mol. The Morgan fingerprint density at radius 1 is 1.06 bits per heavy atom. The summed E-state index contributed by atoms with van der Waals surface area (Å²) in [6.45, 7) is 4.84. The van der Waals surface area contributed by atoms with Gasteiger partial charge in [0.1, 0.15) is 24.4 Å². The number of allylic oxidation sites excluding steroid dienone is 1. The Hall–Kier alpha value is -2.71. The van der Waals surface area contributed by atoms with E-state index in [9.17, 15) is 5.53 Å². The number of hydrogen-bond donors (Lipinski definition) is 0. The van der Waals surface area contributed by atoms with Crippen LogP contribution in [0.25, 0.3) is 10.4 Å². The minimum atomic E-state index is -0.756. The molecule has 0 unspecified atom stereocenters. The summed E-state index contributed by atoms with van der Waals surface area (Å²) in [5, 5.41) is 4.01. The second-order valence-corrected chi connectivity index (χ2v) is 7.98. The molecule has 2 aliphatic heterocycles. The summed E-state index contributed by atoms with van der Waals surface area (Å²) in [5.41, 5.74) is 11.2. The second kappa shape index (κ2) is 12.0. The van der Waals surface area contributed by atoms with Crippen molar-refractivity contribution in [2.45, 2.75) is 56.4 Å². The van der Waals surface area contributed by atoms with Gasteiger partial charge in [0.05, 0.1) is 19.8 Å². The third-order valence-electron chi connectivity index (χ3n) is 5.68. The number of unbranched alkanes of at least 4 members (excludes halogenated alkanes) is 1. The zero-order valence-electron chi connectivity index (χ0n) is 18.4. The number of ether oxygens (including phenoxy) is 5. The highest BCUT2D eigenvalue weighted by Gasteiger charge is 2.50. The van der Waals surface area contributed by atoms with E-state index >= 15 is 0 Å². The highest BCUT2D eigenvalue weighted by molar-refractivity contribution is 5.17. The largest absolute Gasteiger partial charge is 0.370 e. The van der Waals surface area contributed by atoms with E-state index in [1.807, 2.05) is 66.7 Å². The van der Waals surface area contributed by atoms with Crippen molar-refractivity contribution in [2.24, 2.45) is 5.11 Å². The molecule has 6 atom stereocenters. The zero-order chi connectivity index (χ0) is 22.9. The molecule has 0 saturated carbocycles. The van der Waals surface area contributed by atoms with E-state index in [0.29, 0.717) is 19.8 Å². The predicted octanol–water partition coefficient (Wildman–Crippen LogP) is 5.07. The lowest BCUT2D eigenvalue weighted by Crippen LogP contribution is -2.62. The minimum Gasteiger partial charge on any atom is -0.370 e. The molecule has 2 aromatic rings. The van der Waals surface area contributed by atoms with Crippen molar-refractivity contribution in [1.29, 1.82) is 0 Å². The van der Waals surface area contributed by atoms with Crippen molar-refractivity contribution in [3.05, 3.63) is 94.9 Å². The molecule has 2 fully saturated rings. The number of benzene rings is 2. The normalized spacial score (nSPS) is 29.0. The third kappa shape index (κ3) is 6.00. The molecule has 2 heterocycles. The number of hydrogen-bond acceptors (Lipinski definition) is 6. The van der Waals surface area contributed by atoms with E-state index < -0.39 is 36.9 Å².